The molecule has 4 aliphatic carbocycles. The third-order valence-electron chi connectivity index (χ3n) is 6.16. The number of aromatic nitrogens is 2. The first kappa shape index (κ1) is 12.6. The maximum Gasteiger partial charge on any atom is 0.149 e. The molecule has 4 fully saturated rings. The molecule has 1 unspecified atom stereocenters. The zero-order valence-electron chi connectivity index (χ0n) is 12.6. The van der Waals surface area contributed by atoms with Crippen molar-refractivity contribution < 1.29 is 0 Å². The van der Waals surface area contributed by atoms with Gasteiger partial charge >= 0.3 is 0 Å². The Morgan fingerprint density at radius 1 is 1.15 bits per heavy atom. The van der Waals surface area contributed by atoms with Crippen LogP contribution in [0.5, 0.6) is 0 Å². The molecule has 1 heterocycles. The Morgan fingerprint density at radius 3 is 2.30 bits per heavy atom. The highest BCUT2D eigenvalue weighted by molar-refractivity contribution is 5.37. The minimum atomic E-state index is 0.520. The maximum absolute atomic E-state index is 4.25. The zero-order chi connectivity index (χ0) is 13.7. The second kappa shape index (κ2) is 4.44. The largest absolute Gasteiger partial charge is 0.366 e. The number of hydrogen-bond acceptors (Lipinski definition) is 3. The summed E-state index contributed by atoms with van der Waals surface area (Å²) in [6, 6.07) is 2.64. The molecule has 20 heavy (non-hydrogen) atoms. The van der Waals surface area contributed by atoms with E-state index >= 15 is 0 Å². The molecule has 3 heteroatoms. The average molecular weight is 271 g/mol. The molecule has 1 aromatic heterocycles. The van der Waals surface area contributed by atoms with E-state index in [1.54, 1.807) is 0 Å². The fourth-order valence-electron chi connectivity index (χ4n) is 5.62. The maximum atomic E-state index is 4.25. The van der Waals surface area contributed by atoms with Gasteiger partial charge in [0, 0.05) is 6.04 Å². The topological polar surface area (TPSA) is 37.8 Å². The van der Waals surface area contributed by atoms with Gasteiger partial charge in [-0.15, -0.1) is 5.10 Å². The number of anilines is 1. The van der Waals surface area contributed by atoms with Crippen molar-refractivity contribution in [1.82, 2.24) is 10.2 Å². The SMILES string of the molecule is Cc1cnnc(NC(C)C23CC4CC(CC(C4)C2)C3)c1. The fraction of sp³-hybridized carbons (Fsp3) is 0.765. The number of rotatable bonds is 3. The summed E-state index contributed by atoms with van der Waals surface area (Å²) in [5.41, 5.74) is 1.71. The molecule has 0 amide bonds. The van der Waals surface area contributed by atoms with E-state index in [-0.39, 0.29) is 0 Å². The van der Waals surface area contributed by atoms with Crippen LogP contribution in [0.1, 0.15) is 51.0 Å². The molecule has 4 bridgehead atoms. The highest BCUT2D eigenvalue weighted by Crippen LogP contribution is 2.61. The lowest BCUT2D eigenvalue weighted by Gasteiger charge is -2.59. The lowest BCUT2D eigenvalue weighted by atomic mass is 9.48. The molecule has 108 valence electrons. The highest BCUT2D eigenvalue weighted by atomic mass is 15.2. The molecule has 1 N–H and O–H groups in total. The molecular weight excluding hydrogens is 246 g/mol. The second-order valence-corrected chi connectivity index (χ2v) is 7.76. The third kappa shape index (κ3) is 2.02. The van der Waals surface area contributed by atoms with Gasteiger partial charge in [-0.05, 0) is 87.2 Å². The van der Waals surface area contributed by atoms with Crippen molar-refractivity contribution in [3.63, 3.8) is 0 Å². The quantitative estimate of drug-likeness (QED) is 0.908. The van der Waals surface area contributed by atoms with Crippen LogP contribution in [0.3, 0.4) is 0 Å². The molecule has 0 saturated heterocycles. The Balaban J connectivity index is 1.54. The summed E-state index contributed by atoms with van der Waals surface area (Å²) in [6.07, 6.45) is 10.7. The van der Waals surface area contributed by atoms with E-state index in [9.17, 15) is 0 Å². The van der Waals surface area contributed by atoms with E-state index in [0.717, 1.165) is 23.6 Å². The van der Waals surface area contributed by atoms with Crippen LogP contribution in [-0.4, -0.2) is 16.2 Å². The van der Waals surface area contributed by atoms with Gasteiger partial charge in [0.05, 0.1) is 6.20 Å². The lowest BCUT2D eigenvalue weighted by molar-refractivity contribution is -0.0603. The summed E-state index contributed by atoms with van der Waals surface area (Å²) < 4.78 is 0. The standard InChI is InChI=1S/C17H25N3/c1-11-3-16(20-18-10-11)19-12(2)17-7-13-4-14(8-17)6-15(5-13)9-17/h3,10,12-15H,4-9H2,1-2H3,(H,19,20). The highest BCUT2D eigenvalue weighted by Gasteiger charge is 2.53. The summed E-state index contributed by atoms with van der Waals surface area (Å²) in [7, 11) is 0. The number of nitrogens with zero attached hydrogens (tertiary/aromatic N) is 2. The van der Waals surface area contributed by atoms with Crippen molar-refractivity contribution in [3.05, 3.63) is 17.8 Å². The van der Waals surface area contributed by atoms with E-state index in [1.807, 2.05) is 6.20 Å². The number of nitrogens with one attached hydrogen (secondary N) is 1. The van der Waals surface area contributed by atoms with E-state index in [4.69, 9.17) is 0 Å². The fourth-order valence-corrected chi connectivity index (χ4v) is 5.62. The van der Waals surface area contributed by atoms with Crippen molar-refractivity contribution in [2.75, 3.05) is 5.32 Å². The summed E-state index contributed by atoms with van der Waals surface area (Å²) in [6.45, 7) is 4.45. The normalized spacial score (nSPS) is 39.8. The van der Waals surface area contributed by atoms with Crippen LogP contribution in [0.25, 0.3) is 0 Å². The average Bonchev–Trinajstić information content (AvgIpc) is 2.37. The van der Waals surface area contributed by atoms with E-state index in [1.165, 1.54) is 44.1 Å². The predicted molar refractivity (Wildman–Crippen MR) is 80.5 cm³/mol. The number of aryl methyl sites for hydroxylation is 1. The van der Waals surface area contributed by atoms with E-state index < -0.39 is 0 Å². The minimum Gasteiger partial charge on any atom is -0.366 e. The van der Waals surface area contributed by atoms with Gasteiger partial charge in [0.2, 0.25) is 0 Å². The summed E-state index contributed by atoms with van der Waals surface area (Å²) in [5, 5.41) is 12.0. The van der Waals surface area contributed by atoms with Gasteiger partial charge in [0.25, 0.3) is 0 Å². The van der Waals surface area contributed by atoms with Gasteiger partial charge in [-0.3, -0.25) is 0 Å². The Morgan fingerprint density at radius 2 is 1.75 bits per heavy atom. The van der Waals surface area contributed by atoms with Crippen molar-refractivity contribution in [1.29, 1.82) is 0 Å². The molecule has 5 rings (SSSR count). The van der Waals surface area contributed by atoms with Gasteiger partial charge in [0.1, 0.15) is 5.82 Å². The first-order valence-electron chi connectivity index (χ1n) is 8.19. The van der Waals surface area contributed by atoms with Crippen molar-refractivity contribution in [3.8, 4) is 0 Å². The molecule has 0 radical (unpaired) electrons. The first-order chi connectivity index (χ1) is 9.63. The minimum absolute atomic E-state index is 0.520. The third-order valence-corrected chi connectivity index (χ3v) is 6.16. The summed E-state index contributed by atoms with van der Waals surface area (Å²) in [4.78, 5) is 0. The smallest absolute Gasteiger partial charge is 0.149 e. The van der Waals surface area contributed by atoms with Crippen LogP contribution in [0, 0.1) is 30.1 Å². The van der Waals surface area contributed by atoms with Crippen LogP contribution in [0.4, 0.5) is 5.82 Å². The second-order valence-electron chi connectivity index (χ2n) is 7.76. The molecule has 4 aliphatic rings. The van der Waals surface area contributed by atoms with Gasteiger partial charge < -0.3 is 5.32 Å². The molecule has 0 aromatic carbocycles. The molecule has 4 saturated carbocycles. The predicted octanol–water partition coefficient (Wildman–Crippen LogP) is 3.80. The van der Waals surface area contributed by atoms with Gasteiger partial charge in [-0.2, -0.15) is 5.10 Å². The van der Waals surface area contributed by atoms with Crippen LogP contribution in [0.2, 0.25) is 0 Å². The van der Waals surface area contributed by atoms with Crippen LogP contribution < -0.4 is 5.32 Å². The molecule has 1 atom stereocenters. The zero-order valence-corrected chi connectivity index (χ0v) is 12.6. The van der Waals surface area contributed by atoms with Crippen molar-refractivity contribution >= 4 is 5.82 Å². The molecular formula is C17H25N3. The van der Waals surface area contributed by atoms with E-state index in [0.29, 0.717) is 11.5 Å². The Hall–Kier alpha value is -1.12. The molecule has 0 spiro atoms. The first-order valence-corrected chi connectivity index (χ1v) is 8.19. The van der Waals surface area contributed by atoms with Gasteiger partial charge in [-0.25, -0.2) is 0 Å². The Bertz CT molecular complexity index is 475. The van der Waals surface area contributed by atoms with E-state index in [2.05, 4.69) is 35.4 Å². The monoisotopic (exact) mass is 271 g/mol. The van der Waals surface area contributed by atoms with Crippen LogP contribution >= 0.6 is 0 Å². The molecule has 1 aromatic rings. The van der Waals surface area contributed by atoms with Crippen molar-refractivity contribution in [2.24, 2.45) is 23.2 Å². The van der Waals surface area contributed by atoms with Crippen molar-refractivity contribution in [2.45, 2.75) is 58.4 Å². The van der Waals surface area contributed by atoms with Crippen LogP contribution in [0.15, 0.2) is 12.3 Å². The van der Waals surface area contributed by atoms with Gasteiger partial charge in [0.15, 0.2) is 0 Å². The van der Waals surface area contributed by atoms with Gasteiger partial charge in [-0.1, -0.05) is 0 Å². The van der Waals surface area contributed by atoms with Crippen LogP contribution in [-0.2, 0) is 0 Å². The molecule has 3 nitrogen and oxygen atoms in total. The summed E-state index contributed by atoms with van der Waals surface area (Å²) >= 11 is 0. The number of hydrogen-bond donors (Lipinski definition) is 1. The Kier molecular flexibility index (Phi) is 2.80. The lowest BCUT2D eigenvalue weighted by Crippen LogP contribution is -2.53. The summed E-state index contributed by atoms with van der Waals surface area (Å²) in [5.74, 6) is 3.98. The Labute approximate surface area is 121 Å². The molecule has 0 aliphatic heterocycles.